The van der Waals surface area contributed by atoms with Gasteiger partial charge in [-0.2, -0.15) is 13.2 Å². The lowest BCUT2D eigenvalue weighted by molar-refractivity contribution is -0.137. The maximum atomic E-state index is 13.4. The molecule has 3 N–H and O–H groups in total. The highest BCUT2D eigenvalue weighted by Gasteiger charge is 2.31. The lowest BCUT2D eigenvalue weighted by Gasteiger charge is -2.15. The highest BCUT2D eigenvalue weighted by atomic mass is 35.5. The van der Waals surface area contributed by atoms with Crippen molar-refractivity contribution in [2.24, 2.45) is 5.73 Å². The van der Waals surface area contributed by atoms with Gasteiger partial charge >= 0.3 is 6.18 Å². The van der Waals surface area contributed by atoms with Crippen LogP contribution in [0.25, 0.3) is 0 Å². The van der Waals surface area contributed by atoms with E-state index >= 15 is 0 Å². The Morgan fingerprint density at radius 3 is 2.41 bits per heavy atom. The van der Waals surface area contributed by atoms with E-state index < -0.39 is 30.1 Å². The summed E-state index contributed by atoms with van der Waals surface area (Å²) >= 11 is 0. The molecule has 0 saturated heterocycles. The SMILES string of the molecule is Cl.NC/C=C(/F)COc1cc(C(F)(F)F)ccc1NC(=O)c1ccccc1. The topological polar surface area (TPSA) is 64.3 Å². The van der Waals surface area contributed by atoms with Gasteiger partial charge in [0.15, 0.2) is 0 Å². The molecule has 2 rings (SSSR count). The Balaban J connectivity index is 0.00000364. The summed E-state index contributed by atoms with van der Waals surface area (Å²) in [5.74, 6) is -1.57. The number of hydrogen-bond donors (Lipinski definition) is 2. The second-order valence-electron chi connectivity index (χ2n) is 5.20. The summed E-state index contributed by atoms with van der Waals surface area (Å²) in [5, 5.41) is 2.46. The standard InChI is InChI=1S/C18H16F4N2O2.ClH/c19-14(8-9-23)11-26-16-10-13(18(20,21)22)6-7-15(16)24-17(25)12-4-2-1-3-5-12;/h1-8,10H,9,11,23H2,(H,24,25);1H/b14-8+;. The van der Waals surface area contributed by atoms with E-state index in [2.05, 4.69) is 5.32 Å². The van der Waals surface area contributed by atoms with E-state index in [9.17, 15) is 22.4 Å². The fourth-order valence-corrected chi connectivity index (χ4v) is 2.04. The van der Waals surface area contributed by atoms with Gasteiger partial charge < -0.3 is 15.8 Å². The molecular formula is C18H17ClF4N2O2. The van der Waals surface area contributed by atoms with Crippen molar-refractivity contribution in [3.8, 4) is 5.75 Å². The van der Waals surface area contributed by atoms with Gasteiger partial charge in [0, 0.05) is 12.1 Å². The number of anilines is 1. The molecule has 2 aromatic rings. The second-order valence-corrected chi connectivity index (χ2v) is 5.20. The highest BCUT2D eigenvalue weighted by molar-refractivity contribution is 6.05. The molecule has 0 fully saturated rings. The summed E-state index contributed by atoms with van der Waals surface area (Å²) in [6.45, 7) is -0.678. The van der Waals surface area contributed by atoms with Gasteiger partial charge in [-0.3, -0.25) is 4.79 Å². The first-order valence-electron chi connectivity index (χ1n) is 7.56. The van der Waals surface area contributed by atoms with Crippen molar-refractivity contribution in [3.63, 3.8) is 0 Å². The van der Waals surface area contributed by atoms with Crippen LogP contribution < -0.4 is 15.8 Å². The van der Waals surface area contributed by atoms with Crippen molar-refractivity contribution in [3.05, 3.63) is 71.6 Å². The first-order valence-corrected chi connectivity index (χ1v) is 7.56. The molecular weight excluding hydrogens is 388 g/mol. The van der Waals surface area contributed by atoms with Gasteiger partial charge in [0.05, 0.1) is 11.3 Å². The van der Waals surface area contributed by atoms with E-state index in [0.717, 1.165) is 18.2 Å². The van der Waals surface area contributed by atoms with Crippen LogP contribution in [0.2, 0.25) is 0 Å². The Morgan fingerprint density at radius 2 is 1.81 bits per heavy atom. The van der Waals surface area contributed by atoms with Crippen molar-refractivity contribution in [2.75, 3.05) is 18.5 Å². The summed E-state index contributed by atoms with van der Waals surface area (Å²) in [5.41, 5.74) is 4.49. The van der Waals surface area contributed by atoms with Crippen LogP contribution in [0, 0.1) is 0 Å². The largest absolute Gasteiger partial charge is 0.484 e. The number of benzene rings is 2. The number of carbonyl (C=O) groups excluding carboxylic acids is 1. The number of alkyl halides is 3. The summed E-state index contributed by atoms with van der Waals surface area (Å²) in [4.78, 5) is 12.2. The van der Waals surface area contributed by atoms with E-state index in [4.69, 9.17) is 10.5 Å². The summed E-state index contributed by atoms with van der Waals surface area (Å²) in [6.07, 6.45) is -3.57. The van der Waals surface area contributed by atoms with Crippen LogP contribution in [0.15, 0.2) is 60.4 Å². The van der Waals surface area contributed by atoms with Crippen LogP contribution in [0.4, 0.5) is 23.2 Å². The van der Waals surface area contributed by atoms with Crippen LogP contribution in [0.3, 0.4) is 0 Å². The fourth-order valence-electron chi connectivity index (χ4n) is 2.04. The van der Waals surface area contributed by atoms with Gasteiger partial charge in [0.25, 0.3) is 5.91 Å². The number of ether oxygens (including phenoxy) is 1. The molecule has 1 amide bonds. The molecule has 27 heavy (non-hydrogen) atoms. The third-order valence-corrected chi connectivity index (χ3v) is 3.30. The number of carbonyl (C=O) groups is 1. The molecule has 2 aromatic carbocycles. The zero-order valence-corrected chi connectivity index (χ0v) is 14.7. The minimum absolute atomic E-state index is 0. The molecule has 4 nitrogen and oxygen atoms in total. The molecule has 0 atom stereocenters. The molecule has 0 unspecified atom stereocenters. The zero-order valence-electron chi connectivity index (χ0n) is 13.9. The van der Waals surface area contributed by atoms with Gasteiger partial charge in [0.1, 0.15) is 18.2 Å². The number of rotatable bonds is 6. The molecule has 0 aliphatic heterocycles. The maximum absolute atomic E-state index is 13.4. The third kappa shape index (κ3) is 6.58. The lowest BCUT2D eigenvalue weighted by Crippen LogP contribution is -2.14. The van der Waals surface area contributed by atoms with Crippen molar-refractivity contribution < 1.29 is 27.1 Å². The Morgan fingerprint density at radius 1 is 1.15 bits per heavy atom. The van der Waals surface area contributed by atoms with Gasteiger partial charge in [-0.05, 0) is 36.4 Å². The predicted octanol–water partition coefficient (Wildman–Crippen LogP) is 4.57. The second kappa shape index (κ2) is 9.94. The molecule has 0 aromatic heterocycles. The molecule has 0 bridgehead atoms. The Hall–Kier alpha value is -2.58. The fraction of sp³-hybridized carbons (Fsp3) is 0.167. The molecule has 0 spiro atoms. The molecule has 0 aliphatic rings. The van der Waals surface area contributed by atoms with Gasteiger partial charge in [0.2, 0.25) is 0 Å². The maximum Gasteiger partial charge on any atom is 0.416 e. The van der Waals surface area contributed by atoms with Crippen molar-refractivity contribution in [2.45, 2.75) is 6.18 Å². The quantitative estimate of drug-likeness (QED) is 0.693. The average Bonchev–Trinajstić information content (AvgIpc) is 2.61. The number of amides is 1. The first-order chi connectivity index (χ1) is 12.3. The highest BCUT2D eigenvalue weighted by Crippen LogP contribution is 2.35. The van der Waals surface area contributed by atoms with Gasteiger partial charge in [-0.15, -0.1) is 12.4 Å². The summed E-state index contributed by atoms with van der Waals surface area (Å²) in [7, 11) is 0. The minimum Gasteiger partial charge on any atom is -0.484 e. The summed E-state index contributed by atoms with van der Waals surface area (Å²) in [6, 6.07) is 10.7. The van der Waals surface area contributed by atoms with E-state index in [0.29, 0.717) is 11.6 Å². The predicted molar refractivity (Wildman–Crippen MR) is 96.8 cm³/mol. The van der Waals surface area contributed by atoms with Crippen molar-refractivity contribution >= 4 is 24.0 Å². The van der Waals surface area contributed by atoms with Crippen LogP contribution in [-0.4, -0.2) is 19.1 Å². The molecule has 146 valence electrons. The first kappa shape index (κ1) is 22.5. The van der Waals surface area contributed by atoms with E-state index in [1.807, 2.05) is 0 Å². The average molecular weight is 405 g/mol. The molecule has 9 heteroatoms. The number of nitrogens with one attached hydrogen (secondary N) is 1. The Kier molecular flexibility index (Phi) is 8.27. The number of halogens is 5. The number of hydrogen-bond acceptors (Lipinski definition) is 3. The van der Waals surface area contributed by atoms with Gasteiger partial charge in [-0.25, -0.2) is 4.39 Å². The van der Waals surface area contributed by atoms with Crippen LogP contribution in [0.1, 0.15) is 15.9 Å². The van der Waals surface area contributed by atoms with E-state index in [1.165, 1.54) is 0 Å². The lowest BCUT2D eigenvalue weighted by atomic mass is 10.1. The normalized spacial score (nSPS) is 11.5. The van der Waals surface area contributed by atoms with Crippen molar-refractivity contribution in [1.29, 1.82) is 0 Å². The monoisotopic (exact) mass is 404 g/mol. The van der Waals surface area contributed by atoms with Crippen molar-refractivity contribution in [1.82, 2.24) is 0 Å². The van der Waals surface area contributed by atoms with Gasteiger partial charge in [-0.1, -0.05) is 18.2 Å². The van der Waals surface area contributed by atoms with Crippen LogP contribution >= 0.6 is 12.4 Å². The van der Waals surface area contributed by atoms with E-state index in [-0.39, 0.29) is 30.4 Å². The molecule has 0 saturated carbocycles. The molecule has 0 aliphatic carbocycles. The Bertz CT molecular complexity index is 796. The molecule has 0 heterocycles. The minimum atomic E-state index is -4.61. The zero-order chi connectivity index (χ0) is 19.2. The van der Waals surface area contributed by atoms with E-state index in [1.54, 1.807) is 30.3 Å². The number of nitrogens with two attached hydrogens (primary N) is 1. The Labute approximate surface area is 159 Å². The van der Waals surface area contributed by atoms with Crippen LogP contribution in [0.5, 0.6) is 5.75 Å². The third-order valence-electron chi connectivity index (χ3n) is 3.30. The smallest absolute Gasteiger partial charge is 0.416 e. The molecule has 0 radical (unpaired) electrons. The summed E-state index contributed by atoms with van der Waals surface area (Å²) < 4.78 is 57.2. The van der Waals surface area contributed by atoms with Crippen LogP contribution in [-0.2, 0) is 6.18 Å².